The normalized spacial score (nSPS) is 12.3. The first-order valence-electron chi connectivity index (χ1n) is 6.57. The minimum absolute atomic E-state index is 0.151. The molecule has 0 aliphatic carbocycles. The van der Waals surface area contributed by atoms with E-state index in [-0.39, 0.29) is 11.6 Å². The first kappa shape index (κ1) is 17.0. The lowest BCUT2D eigenvalue weighted by Gasteiger charge is -2.04. The summed E-state index contributed by atoms with van der Waals surface area (Å²) in [4.78, 5) is 3.49. The van der Waals surface area contributed by atoms with Crippen LogP contribution in [-0.4, -0.2) is 37.9 Å². The van der Waals surface area contributed by atoms with Gasteiger partial charge in [0.2, 0.25) is 5.03 Å². The molecule has 25 heavy (non-hydrogen) atoms. The molecule has 2 aromatic heterocycles. The summed E-state index contributed by atoms with van der Waals surface area (Å²) >= 11 is 0. The topological polar surface area (TPSA) is 111 Å². The third kappa shape index (κ3) is 3.49. The van der Waals surface area contributed by atoms with E-state index < -0.39 is 27.1 Å². The minimum atomic E-state index is -4.78. The van der Waals surface area contributed by atoms with Gasteiger partial charge in [0.1, 0.15) is 0 Å². The Balaban J connectivity index is 2.16. The Kier molecular flexibility index (Phi) is 4.00. The van der Waals surface area contributed by atoms with E-state index in [1.165, 1.54) is 12.1 Å². The van der Waals surface area contributed by atoms with Gasteiger partial charge in [-0.3, -0.25) is 4.55 Å². The number of halogens is 3. The number of benzene rings is 1. The van der Waals surface area contributed by atoms with E-state index in [2.05, 4.69) is 20.3 Å². The smallest absolute Gasteiger partial charge is 0.281 e. The third-order valence-corrected chi connectivity index (χ3v) is 3.75. The van der Waals surface area contributed by atoms with E-state index in [1.807, 2.05) is 0 Å². The molecular formula is C13H8F3N5O3S. The Morgan fingerprint density at radius 2 is 1.68 bits per heavy atom. The molecule has 0 saturated heterocycles. The zero-order valence-corrected chi connectivity index (χ0v) is 12.9. The molecule has 0 fully saturated rings. The molecule has 0 unspecified atom stereocenters. The van der Waals surface area contributed by atoms with Gasteiger partial charge in [-0.05, 0) is 12.1 Å². The number of aromatic nitrogens is 5. The fourth-order valence-electron chi connectivity index (χ4n) is 1.93. The van der Waals surface area contributed by atoms with Crippen molar-refractivity contribution in [3.05, 3.63) is 48.3 Å². The van der Waals surface area contributed by atoms with E-state index in [0.717, 1.165) is 16.8 Å². The largest absolute Gasteiger partial charge is 0.453 e. The summed E-state index contributed by atoms with van der Waals surface area (Å²) < 4.78 is 70.5. The van der Waals surface area contributed by atoms with Crippen LogP contribution < -0.4 is 0 Å². The Bertz CT molecular complexity index is 1000. The predicted octanol–water partition coefficient (Wildman–Crippen LogP) is 1.99. The molecule has 8 nitrogen and oxygen atoms in total. The highest BCUT2D eigenvalue weighted by atomic mass is 32.2. The van der Waals surface area contributed by atoms with Gasteiger partial charge in [0.15, 0.2) is 11.6 Å². The molecule has 0 aliphatic heterocycles. The maximum absolute atomic E-state index is 12.9. The second kappa shape index (κ2) is 5.89. The van der Waals surface area contributed by atoms with E-state index in [9.17, 15) is 21.6 Å². The second-order valence-corrected chi connectivity index (χ2v) is 6.11. The van der Waals surface area contributed by atoms with Crippen molar-refractivity contribution in [2.45, 2.75) is 11.2 Å². The van der Waals surface area contributed by atoms with Crippen LogP contribution in [0.2, 0.25) is 0 Å². The maximum atomic E-state index is 12.9. The molecule has 0 radical (unpaired) electrons. The van der Waals surface area contributed by atoms with Crippen LogP contribution in [0, 0.1) is 0 Å². The lowest BCUT2D eigenvalue weighted by Crippen LogP contribution is -2.10. The zero-order chi connectivity index (χ0) is 18.2. The van der Waals surface area contributed by atoms with E-state index >= 15 is 0 Å². The van der Waals surface area contributed by atoms with Crippen molar-refractivity contribution in [2.24, 2.45) is 0 Å². The molecule has 0 spiro atoms. The summed E-state index contributed by atoms with van der Waals surface area (Å²) in [5.41, 5.74) is 0.339. The highest BCUT2D eigenvalue weighted by Gasteiger charge is 2.37. The van der Waals surface area contributed by atoms with Crippen LogP contribution in [0.1, 0.15) is 5.82 Å². The highest BCUT2D eigenvalue weighted by Crippen LogP contribution is 2.29. The molecule has 0 bridgehead atoms. The van der Waals surface area contributed by atoms with Crippen LogP contribution in [0.25, 0.3) is 17.2 Å². The third-order valence-electron chi connectivity index (χ3n) is 3.00. The van der Waals surface area contributed by atoms with Crippen molar-refractivity contribution in [3.8, 4) is 17.2 Å². The van der Waals surface area contributed by atoms with Crippen LogP contribution >= 0.6 is 0 Å². The number of rotatable bonds is 3. The fourth-order valence-corrected chi connectivity index (χ4v) is 2.31. The monoisotopic (exact) mass is 371 g/mol. The molecule has 2 heterocycles. The van der Waals surface area contributed by atoms with Crippen LogP contribution in [0.3, 0.4) is 0 Å². The average Bonchev–Trinajstić information content (AvgIpc) is 3.00. The molecule has 0 atom stereocenters. The first-order valence-corrected chi connectivity index (χ1v) is 8.01. The zero-order valence-electron chi connectivity index (χ0n) is 12.1. The summed E-state index contributed by atoms with van der Waals surface area (Å²) in [6, 6.07) is 9.89. The molecule has 130 valence electrons. The lowest BCUT2D eigenvalue weighted by atomic mass is 10.2. The van der Waals surface area contributed by atoms with Crippen LogP contribution in [0.4, 0.5) is 13.2 Å². The Labute approximate surface area is 138 Å². The van der Waals surface area contributed by atoms with Crippen molar-refractivity contribution in [2.75, 3.05) is 0 Å². The van der Waals surface area contributed by atoms with E-state index in [4.69, 9.17) is 4.55 Å². The number of hydrogen-bond donors (Lipinski definition) is 1. The van der Waals surface area contributed by atoms with Gasteiger partial charge in [-0.1, -0.05) is 30.3 Å². The molecule has 3 rings (SSSR count). The van der Waals surface area contributed by atoms with Gasteiger partial charge < -0.3 is 0 Å². The molecular weight excluding hydrogens is 363 g/mol. The predicted molar refractivity (Wildman–Crippen MR) is 77.2 cm³/mol. The molecule has 0 amide bonds. The molecule has 1 N–H and O–H groups in total. The van der Waals surface area contributed by atoms with E-state index in [1.54, 1.807) is 18.2 Å². The van der Waals surface area contributed by atoms with Crippen LogP contribution in [-0.2, 0) is 16.3 Å². The lowest BCUT2D eigenvalue weighted by molar-refractivity contribution is -0.144. The van der Waals surface area contributed by atoms with Crippen molar-refractivity contribution in [1.29, 1.82) is 0 Å². The van der Waals surface area contributed by atoms with Crippen molar-refractivity contribution < 1.29 is 26.1 Å². The summed E-state index contributed by atoms with van der Waals surface area (Å²) in [6.45, 7) is 0. The van der Waals surface area contributed by atoms with E-state index in [0.29, 0.717) is 5.56 Å². The first-order chi connectivity index (χ1) is 11.7. The van der Waals surface area contributed by atoms with Crippen LogP contribution in [0.15, 0.2) is 47.5 Å². The second-order valence-electron chi connectivity index (χ2n) is 4.74. The standard InChI is InChI=1S/C13H8F3N5O3S/c14-13(15,16)12-17-11(8-4-2-1-3-5-8)21(20-12)9-6-7-10(19-18-9)25(22,23)24/h1-7H,(H,22,23,24). The Hall–Kier alpha value is -2.86. The van der Waals surface area contributed by atoms with Gasteiger partial charge in [-0.15, -0.1) is 15.3 Å². The molecule has 12 heteroatoms. The van der Waals surface area contributed by atoms with Gasteiger partial charge in [0, 0.05) is 5.56 Å². The van der Waals surface area contributed by atoms with Gasteiger partial charge in [-0.2, -0.15) is 26.3 Å². The average molecular weight is 371 g/mol. The molecule has 1 aromatic carbocycles. The van der Waals surface area contributed by atoms with Gasteiger partial charge in [0.25, 0.3) is 5.82 Å². The Morgan fingerprint density at radius 3 is 2.20 bits per heavy atom. The fraction of sp³-hybridized carbons (Fsp3) is 0.0769. The summed E-state index contributed by atoms with van der Waals surface area (Å²) in [7, 11) is -4.58. The summed E-state index contributed by atoms with van der Waals surface area (Å²) in [5, 5.41) is 9.42. The van der Waals surface area contributed by atoms with Crippen molar-refractivity contribution >= 4 is 10.1 Å². The maximum Gasteiger partial charge on any atom is 0.453 e. The van der Waals surface area contributed by atoms with Gasteiger partial charge in [-0.25, -0.2) is 4.98 Å². The van der Waals surface area contributed by atoms with Gasteiger partial charge in [0.05, 0.1) is 0 Å². The van der Waals surface area contributed by atoms with Crippen LogP contribution in [0.5, 0.6) is 0 Å². The van der Waals surface area contributed by atoms with Crippen molar-refractivity contribution in [1.82, 2.24) is 25.0 Å². The highest BCUT2D eigenvalue weighted by molar-refractivity contribution is 7.85. The SMILES string of the molecule is O=S(=O)(O)c1ccc(-n2nc(C(F)(F)F)nc2-c2ccccc2)nn1. The molecule has 0 aliphatic rings. The summed E-state index contributed by atoms with van der Waals surface area (Å²) in [6.07, 6.45) is -4.78. The molecule has 3 aromatic rings. The Morgan fingerprint density at radius 1 is 1.00 bits per heavy atom. The minimum Gasteiger partial charge on any atom is -0.281 e. The number of alkyl halides is 3. The summed E-state index contributed by atoms with van der Waals surface area (Å²) in [5.74, 6) is -1.73. The van der Waals surface area contributed by atoms with Crippen molar-refractivity contribution in [3.63, 3.8) is 0 Å². The van der Waals surface area contributed by atoms with Gasteiger partial charge >= 0.3 is 16.3 Å². The number of nitrogens with zero attached hydrogens (tertiary/aromatic N) is 5. The number of hydrogen-bond acceptors (Lipinski definition) is 6. The molecule has 0 saturated carbocycles. The quantitative estimate of drug-likeness (QED) is 0.701.